The van der Waals surface area contributed by atoms with Crippen molar-refractivity contribution in [3.05, 3.63) is 66.0 Å². The third-order valence-electron chi connectivity index (χ3n) is 3.31. The second-order valence-electron chi connectivity index (χ2n) is 4.32. The van der Waals surface area contributed by atoms with Gasteiger partial charge in [-0.05, 0) is 30.2 Å². The lowest BCUT2D eigenvalue weighted by Crippen LogP contribution is -1.90. The fourth-order valence-electron chi connectivity index (χ4n) is 2.47. The van der Waals surface area contributed by atoms with Crippen molar-refractivity contribution in [3.63, 3.8) is 0 Å². The lowest BCUT2D eigenvalue weighted by Gasteiger charge is -2.01. The number of carbonyl (C=O) groups is 1. The maximum atomic E-state index is 11.3. The lowest BCUT2D eigenvalue weighted by atomic mass is 10.0. The molecular formula is C16H13NO. The van der Waals surface area contributed by atoms with Gasteiger partial charge in [0.15, 0.2) is 6.29 Å². The minimum absolute atomic E-state index is 0.726. The van der Waals surface area contributed by atoms with Crippen LogP contribution in [0.1, 0.15) is 16.1 Å². The molecule has 0 spiro atoms. The van der Waals surface area contributed by atoms with Gasteiger partial charge in [0.25, 0.3) is 0 Å². The highest BCUT2D eigenvalue weighted by atomic mass is 16.1. The number of nitrogens with zero attached hydrogens (tertiary/aromatic N) is 1. The average Bonchev–Trinajstić information content (AvgIpc) is 2.71. The Bertz CT molecular complexity index is 711. The van der Waals surface area contributed by atoms with Crippen LogP contribution in [0.25, 0.3) is 16.6 Å². The molecule has 0 unspecified atom stereocenters. The van der Waals surface area contributed by atoms with E-state index in [1.54, 1.807) is 0 Å². The molecule has 88 valence electrons. The Hall–Kier alpha value is -2.35. The first-order chi connectivity index (χ1) is 8.83. The molecular weight excluding hydrogens is 222 g/mol. The van der Waals surface area contributed by atoms with E-state index in [0.717, 1.165) is 34.2 Å². The van der Waals surface area contributed by atoms with Crippen LogP contribution in [-0.4, -0.2) is 10.7 Å². The van der Waals surface area contributed by atoms with E-state index in [-0.39, 0.29) is 0 Å². The fraction of sp³-hybridized carbons (Fsp3) is 0.0625. The highest BCUT2D eigenvalue weighted by molar-refractivity contribution is 5.92. The Morgan fingerprint density at radius 3 is 2.44 bits per heavy atom. The molecule has 1 aromatic carbocycles. The van der Waals surface area contributed by atoms with Crippen LogP contribution in [0.4, 0.5) is 0 Å². The molecule has 0 amide bonds. The number of carbonyl (C=O) groups excluding carboxylic acids is 1. The smallest absolute Gasteiger partial charge is 0.167 e. The van der Waals surface area contributed by atoms with Crippen LogP contribution in [0.15, 0.2) is 54.7 Å². The standard InChI is InChI=1S/C16H13NO/c1-12-15(11-18)17-10-6-5-9-14(17)16(12)13-7-3-2-4-8-13/h2-11H,1H3. The molecule has 0 saturated carbocycles. The Labute approximate surface area is 105 Å². The van der Waals surface area contributed by atoms with Crippen LogP contribution in [0.2, 0.25) is 0 Å². The van der Waals surface area contributed by atoms with E-state index in [4.69, 9.17) is 0 Å². The first kappa shape index (κ1) is 10.8. The van der Waals surface area contributed by atoms with E-state index in [2.05, 4.69) is 12.1 Å². The van der Waals surface area contributed by atoms with Crippen molar-refractivity contribution in [1.29, 1.82) is 0 Å². The van der Waals surface area contributed by atoms with E-state index < -0.39 is 0 Å². The molecule has 0 aliphatic rings. The number of hydrogen-bond donors (Lipinski definition) is 0. The van der Waals surface area contributed by atoms with Gasteiger partial charge < -0.3 is 4.40 Å². The normalized spacial score (nSPS) is 10.7. The number of pyridine rings is 1. The van der Waals surface area contributed by atoms with Crippen molar-refractivity contribution in [1.82, 2.24) is 4.40 Å². The van der Waals surface area contributed by atoms with Crippen LogP contribution in [-0.2, 0) is 0 Å². The third-order valence-corrected chi connectivity index (χ3v) is 3.31. The van der Waals surface area contributed by atoms with Gasteiger partial charge in [0.1, 0.15) is 0 Å². The van der Waals surface area contributed by atoms with Gasteiger partial charge in [-0.15, -0.1) is 0 Å². The van der Waals surface area contributed by atoms with Crippen LogP contribution < -0.4 is 0 Å². The van der Waals surface area contributed by atoms with Gasteiger partial charge in [-0.25, -0.2) is 0 Å². The lowest BCUT2D eigenvalue weighted by molar-refractivity contribution is 0.111. The van der Waals surface area contributed by atoms with Crippen LogP contribution >= 0.6 is 0 Å². The van der Waals surface area contributed by atoms with Gasteiger partial charge in [-0.2, -0.15) is 0 Å². The molecule has 3 rings (SSSR count). The van der Waals surface area contributed by atoms with E-state index in [1.165, 1.54) is 0 Å². The van der Waals surface area contributed by atoms with E-state index >= 15 is 0 Å². The molecule has 2 aromatic heterocycles. The molecule has 0 bridgehead atoms. The van der Waals surface area contributed by atoms with Gasteiger partial charge in [0.2, 0.25) is 0 Å². The largest absolute Gasteiger partial charge is 0.313 e. The summed E-state index contributed by atoms with van der Waals surface area (Å²) in [5.74, 6) is 0. The molecule has 2 heteroatoms. The van der Waals surface area contributed by atoms with Gasteiger partial charge >= 0.3 is 0 Å². The zero-order valence-corrected chi connectivity index (χ0v) is 10.1. The summed E-state index contributed by atoms with van der Waals surface area (Å²) in [5, 5.41) is 0. The number of hydrogen-bond acceptors (Lipinski definition) is 1. The highest BCUT2D eigenvalue weighted by Crippen LogP contribution is 2.31. The van der Waals surface area contributed by atoms with Crippen LogP contribution in [0, 0.1) is 6.92 Å². The second-order valence-corrected chi connectivity index (χ2v) is 4.32. The first-order valence-electron chi connectivity index (χ1n) is 5.93. The summed E-state index contributed by atoms with van der Waals surface area (Å²) in [6.45, 7) is 2.00. The van der Waals surface area contributed by atoms with E-state index in [1.807, 2.05) is 53.9 Å². The summed E-state index contributed by atoms with van der Waals surface area (Å²) in [4.78, 5) is 11.3. The SMILES string of the molecule is Cc1c(-c2ccccc2)c2ccccn2c1C=O. The maximum Gasteiger partial charge on any atom is 0.167 e. The Kier molecular flexibility index (Phi) is 2.49. The zero-order chi connectivity index (χ0) is 12.5. The molecule has 0 aliphatic heterocycles. The molecule has 18 heavy (non-hydrogen) atoms. The predicted octanol–water partition coefficient (Wildman–Crippen LogP) is 3.73. The van der Waals surface area contributed by atoms with Crippen molar-refractivity contribution in [2.75, 3.05) is 0 Å². The van der Waals surface area contributed by atoms with Crippen molar-refractivity contribution in [2.24, 2.45) is 0 Å². The third kappa shape index (κ3) is 1.46. The van der Waals surface area contributed by atoms with Gasteiger partial charge in [0.05, 0.1) is 11.2 Å². The van der Waals surface area contributed by atoms with Crippen molar-refractivity contribution in [2.45, 2.75) is 6.92 Å². The second kappa shape index (κ2) is 4.15. The summed E-state index contributed by atoms with van der Waals surface area (Å²) in [6.07, 6.45) is 2.85. The van der Waals surface area contributed by atoms with Crippen molar-refractivity contribution >= 4 is 11.8 Å². The van der Waals surface area contributed by atoms with E-state index in [9.17, 15) is 4.79 Å². The fourth-order valence-corrected chi connectivity index (χ4v) is 2.47. The summed E-state index contributed by atoms with van der Waals surface area (Å²) < 4.78 is 1.95. The quantitative estimate of drug-likeness (QED) is 0.620. The molecule has 0 aliphatic carbocycles. The molecule has 0 saturated heterocycles. The zero-order valence-electron chi connectivity index (χ0n) is 10.1. The summed E-state index contributed by atoms with van der Waals surface area (Å²) >= 11 is 0. The summed E-state index contributed by atoms with van der Waals surface area (Å²) in [5.41, 5.74) is 5.11. The molecule has 0 atom stereocenters. The monoisotopic (exact) mass is 235 g/mol. The molecule has 0 radical (unpaired) electrons. The number of rotatable bonds is 2. The Morgan fingerprint density at radius 1 is 1.00 bits per heavy atom. The minimum Gasteiger partial charge on any atom is -0.313 e. The molecule has 0 fully saturated rings. The summed E-state index contributed by atoms with van der Waals surface area (Å²) in [6, 6.07) is 16.2. The minimum atomic E-state index is 0.726. The van der Waals surface area contributed by atoms with Crippen LogP contribution in [0.3, 0.4) is 0 Å². The van der Waals surface area contributed by atoms with Gasteiger partial charge in [-0.3, -0.25) is 4.79 Å². The summed E-state index contributed by atoms with van der Waals surface area (Å²) in [7, 11) is 0. The first-order valence-corrected chi connectivity index (χ1v) is 5.93. The van der Waals surface area contributed by atoms with Gasteiger partial charge in [0, 0.05) is 11.8 Å². The molecule has 2 nitrogen and oxygen atoms in total. The Balaban J connectivity index is 2.43. The van der Waals surface area contributed by atoms with Gasteiger partial charge in [-0.1, -0.05) is 36.4 Å². The molecule has 0 N–H and O–H groups in total. The molecule has 3 aromatic rings. The van der Waals surface area contributed by atoms with Crippen molar-refractivity contribution < 1.29 is 4.79 Å². The van der Waals surface area contributed by atoms with E-state index in [0.29, 0.717) is 0 Å². The predicted molar refractivity (Wildman–Crippen MR) is 73.0 cm³/mol. The Morgan fingerprint density at radius 2 is 1.72 bits per heavy atom. The van der Waals surface area contributed by atoms with Crippen LogP contribution in [0.5, 0.6) is 0 Å². The maximum absolute atomic E-state index is 11.3. The number of benzene rings is 1. The molecule has 2 heterocycles. The van der Waals surface area contributed by atoms with Crippen molar-refractivity contribution in [3.8, 4) is 11.1 Å². The topological polar surface area (TPSA) is 21.5 Å². The highest BCUT2D eigenvalue weighted by Gasteiger charge is 2.14. The number of fused-ring (bicyclic) bond motifs is 1. The average molecular weight is 235 g/mol. The number of aldehydes is 1. The number of aromatic nitrogens is 1.